The molecule has 0 aliphatic heterocycles. The number of hydrogen-bond donors (Lipinski definition) is 0. The van der Waals surface area contributed by atoms with Gasteiger partial charge in [-0.1, -0.05) is 129 Å². The van der Waals surface area contributed by atoms with Gasteiger partial charge < -0.3 is 9.80 Å². The van der Waals surface area contributed by atoms with Crippen molar-refractivity contribution in [3.8, 4) is 11.1 Å². The van der Waals surface area contributed by atoms with E-state index in [1.165, 1.54) is 60.7 Å². The van der Waals surface area contributed by atoms with E-state index in [1.807, 2.05) is 0 Å². The molecule has 9 rings (SSSR count). The van der Waals surface area contributed by atoms with Gasteiger partial charge in [-0.25, -0.2) is 0 Å². The monoisotopic (exact) mass is 642 g/mol. The van der Waals surface area contributed by atoms with Crippen molar-refractivity contribution in [2.75, 3.05) is 9.80 Å². The molecule has 1 aliphatic carbocycles. The lowest BCUT2D eigenvalue weighted by atomic mass is 9.81. The number of hydrogen-bond acceptors (Lipinski definition) is 2. The number of aryl methyl sites for hydroxylation is 1. The Balaban J connectivity index is 1.27. The van der Waals surface area contributed by atoms with Gasteiger partial charge in [0.2, 0.25) is 0 Å². The van der Waals surface area contributed by atoms with Crippen molar-refractivity contribution in [3.05, 3.63) is 193 Å². The molecule has 1 aliphatic rings. The van der Waals surface area contributed by atoms with Gasteiger partial charge in [-0.3, -0.25) is 0 Å². The fraction of sp³-hybridized carbons (Fsp3) is 0.0833. The van der Waals surface area contributed by atoms with Crippen LogP contribution in [-0.2, 0) is 5.41 Å². The summed E-state index contributed by atoms with van der Waals surface area (Å²) >= 11 is 0. The van der Waals surface area contributed by atoms with E-state index in [9.17, 15) is 0 Å². The van der Waals surface area contributed by atoms with Crippen molar-refractivity contribution < 1.29 is 0 Å². The predicted octanol–water partition coefficient (Wildman–Crippen LogP) is 13.5. The highest BCUT2D eigenvalue weighted by atomic mass is 15.1. The molecule has 0 saturated heterocycles. The lowest BCUT2D eigenvalue weighted by Crippen LogP contribution is -2.18. The molecule has 0 amide bonds. The largest absolute Gasteiger partial charge is 0.310 e. The van der Waals surface area contributed by atoms with Gasteiger partial charge in [0.05, 0.1) is 11.4 Å². The van der Waals surface area contributed by atoms with E-state index in [-0.39, 0.29) is 5.41 Å². The van der Waals surface area contributed by atoms with E-state index in [0.717, 1.165) is 22.7 Å². The fourth-order valence-electron chi connectivity index (χ4n) is 8.05. The lowest BCUT2D eigenvalue weighted by Gasteiger charge is -2.30. The minimum absolute atomic E-state index is 0.241. The molecule has 0 N–H and O–H groups in total. The van der Waals surface area contributed by atoms with Gasteiger partial charge in [-0.05, 0) is 106 Å². The highest BCUT2D eigenvalue weighted by Gasteiger charge is 2.38. The second-order valence-corrected chi connectivity index (χ2v) is 13.9. The third kappa shape index (κ3) is 4.79. The molecule has 240 valence electrons. The first kappa shape index (κ1) is 30.0. The van der Waals surface area contributed by atoms with E-state index in [1.54, 1.807) is 0 Å². The van der Waals surface area contributed by atoms with Gasteiger partial charge in [-0.15, -0.1) is 0 Å². The average molecular weight is 643 g/mol. The zero-order valence-corrected chi connectivity index (χ0v) is 28.6. The normalized spacial score (nSPS) is 12.9. The van der Waals surface area contributed by atoms with Gasteiger partial charge in [-0.2, -0.15) is 0 Å². The molecule has 0 atom stereocenters. The van der Waals surface area contributed by atoms with Crippen molar-refractivity contribution in [2.24, 2.45) is 0 Å². The van der Waals surface area contributed by atoms with E-state index in [0.29, 0.717) is 0 Å². The van der Waals surface area contributed by atoms with Gasteiger partial charge in [0, 0.05) is 38.9 Å². The van der Waals surface area contributed by atoms with Crippen LogP contribution < -0.4 is 9.80 Å². The summed E-state index contributed by atoms with van der Waals surface area (Å²) < 4.78 is 0. The van der Waals surface area contributed by atoms with Crippen LogP contribution in [0.3, 0.4) is 0 Å². The van der Waals surface area contributed by atoms with Gasteiger partial charge in [0.25, 0.3) is 0 Å². The predicted molar refractivity (Wildman–Crippen MR) is 213 cm³/mol. The lowest BCUT2D eigenvalue weighted by molar-refractivity contribution is 0.661. The molecule has 0 saturated carbocycles. The summed E-state index contributed by atoms with van der Waals surface area (Å²) in [5, 5.41) is 4.99. The molecular formula is C48H38N2. The van der Waals surface area contributed by atoms with Crippen LogP contribution in [-0.4, -0.2) is 0 Å². The van der Waals surface area contributed by atoms with E-state index in [4.69, 9.17) is 0 Å². The molecule has 0 bridgehead atoms. The maximum absolute atomic E-state index is 2.46. The Morgan fingerprint density at radius 1 is 0.400 bits per heavy atom. The van der Waals surface area contributed by atoms with Gasteiger partial charge in [0.1, 0.15) is 0 Å². The van der Waals surface area contributed by atoms with Crippen LogP contribution in [0.4, 0.5) is 34.1 Å². The van der Waals surface area contributed by atoms with Crippen molar-refractivity contribution in [1.29, 1.82) is 0 Å². The molecular weight excluding hydrogens is 605 g/mol. The SMILES string of the molecule is Cc1cccc(N(c2ccc3c(c2)C(C)(C)c2cc(N(c4ccccc4)c4ccccc4)c4ccccc4c2-3)c2cccc3ccccc23)c1. The number of nitrogens with zero attached hydrogens (tertiary/aromatic N) is 2. The number of anilines is 6. The molecule has 50 heavy (non-hydrogen) atoms. The third-order valence-corrected chi connectivity index (χ3v) is 10.4. The summed E-state index contributed by atoms with van der Waals surface area (Å²) in [6.07, 6.45) is 0. The summed E-state index contributed by atoms with van der Waals surface area (Å²) in [6, 6.07) is 64.2. The van der Waals surface area contributed by atoms with Crippen LogP contribution in [0.25, 0.3) is 32.7 Å². The zero-order valence-electron chi connectivity index (χ0n) is 28.6. The van der Waals surface area contributed by atoms with E-state index >= 15 is 0 Å². The Labute approximate surface area is 294 Å². The van der Waals surface area contributed by atoms with Crippen LogP contribution in [0.1, 0.15) is 30.5 Å². The van der Waals surface area contributed by atoms with Crippen LogP contribution in [0, 0.1) is 6.92 Å². The number of rotatable bonds is 6. The fourth-order valence-corrected chi connectivity index (χ4v) is 8.05. The van der Waals surface area contributed by atoms with Crippen molar-refractivity contribution in [1.82, 2.24) is 0 Å². The molecule has 8 aromatic rings. The summed E-state index contributed by atoms with van der Waals surface area (Å²) in [4.78, 5) is 4.85. The Kier molecular flexibility index (Phi) is 7.07. The highest BCUT2D eigenvalue weighted by Crippen LogP contribution is 2.55. The molecule has 0 radical (unpaired) electrons. The smallest absolute Gasteiger partial charge is 0.0543 e. The molecule has 0 aromatic heterocycles. The van der Waals surface area contributed by atoms with Crippen molar-refractivity contribution >= 4 is 55.7 Å². The van der Waals surface area contributed by atoms with E-state index in [2.05, 4.69) is 206 Å². The van der Waals surface area contributed by atoms with Crippen LogP contribution >= 0.6 is 0 Å². The molecule has 0 unspecified atom stereocenters. The number of benzene rings is 8. The Morgan fingerprint density at radius 2 is 0.960 bits per heavy atom. The topological polar surface area (TPSA) is 6.48 Å². The van der Waals surface area contributed by atoms with Crippen LogP contribution in [0.5, 0.6) is 0 Å². The summed E-state index contributed by atoms with van der Waals surface area (Å²) in [7, 11) is 0. The Hall–Kier alpha value is -6.12. The Bertz CT molecular complexity index is 2490. The first-order valence-corrected chi connectivity index (χ1v) is 17.4. The summed E-state index contributed by atoms with van der Waals surface area (Å²) in [5.74, 6) is 0. The first-order chi connectivity index (χ1) is 24.5. The summed E-state index contributed by atoms with van der Waals surface area (Å²) in [6.45, 7) is 6.96. The molecule has 2 nitrogen and oxygen atoms in total. The second kappa shape index (κ2) is 11.8. The number of para-hydroxylation sites is 2. The van der Waals surface area contributed by atoms with Gasteiger partial charge >= 0.3 is 0 Å². The maximum Gasteiger partial charge on any atom is 0.0543 e. The molecule has 0 spiro atoms. The molecule has 0 fully saturated rings. The minimum atomic E-state index is -0.241. The maximum atomic E-state index is 2.46. The summed E-state index contributed by atoms with van der Waals surface area (Å²) in [5.41, 5.74) is 13.3. The first-order valence-electron chi connectivity index (χ1n) is 17.4. The molecule has 8 aromatic carbocycles. The van der Waals surface area contributed by atoms with Crippen LogP contribution in [0.2, 0.25) is 0 Å². The zero-order chi connectivity index (χ0) is 33.8. The van der Waals surface area contributed by atoms with E-state index < -0.39 is 0 Å². The van der Waals surface area contributed by atoms with Crippen LogP contribution in [0.15, 0.2) is 176 Å². The molecule has 2 heteroatoms. The minimum Gasteiger partial charge on any atom is -0.310 e. The van der Waals surface area contributed by atoms with Gasteiger partial charge in [0.15, 0.2) is 0 Å². The Morgan fingerprint density at radius 3 is 1.68 bits per heavy atom. The number of fused-ring (bicyclic) bond motifs is 6. The average Bonchev–Trinajstić information content (AvgIpc) is 3.38. The van der Waals surface area contributed by atoms with Crippen molar-refractivity contribution in [3.63, 3.8) is 0 Å². The quantitative estimate of drug-likeness (QED) is 0.178. The van der Waals surface area contributed by atoms with Crippen molar-refractivity contribution in [2.45, 2.75) is 26.2 Å². The molecule has 0 heterocycles. The second-order valence-electron chi connectivity index (χ2n) is 13.9. The third-order valence-electron chi connectivity index (χ3n) is 10.4. The highest BCUT2D eigenvalue weighted by molar-refractivity contribution is 6.10. The standard InChI is InChI=1S/C48H38N2/c1-33-16-14-23-37(30-33)50(45-27-15-18-34-17-10-11-24-39(34)45)38-28-29-42-43(31-38)48(2,3)44-32-46(40-25-12-13-26-41(40)47(42)44)49(35-19-6-4-7-20-35)36-21-8-5-9-22-36/h4-32H,1-3H3.